The Morgan fingerprint density at radius 2 is 2.15 bits per heavy atom. The molecule has 0 bridgehead atoms. The molecule has 2 aromatic heterocycles. The van der Waals surface area contributed by atoms with Crippen LogP contribution in [0.25, 0.3) is 11.4 Å². The highest BCUT2D eigenvalue weighted by Gasteiger charge is 2.20. The molecule has 0 atom stereocenters. The second kappa shape index (κ2) is 5.26. The van der Waals surface area contributed by atoms with Crippen LogP contribution in [0.2, 0.25) is 5.02 Å². The smallest absolute Gasteiger partial charge is 0.272 e. The summed E-state index contributed by atoms with van der Waals surface area (Å²) in [5.41, 5.74) is 1.25. The first-order valence-electron chi connectivity index (χ1n) is 6.29. The number of anilines is 1. The van der Waals surface area contributed by atoms with Gasteiger partial charge in [-0.3, -0.25) is 9.89 Å². The molecule has 2 N–H and O–H groups in total. The van der Waals surface area contributed by atoms with E-state index < -0.39 is 0 Å². The normalized spacial score (nSPS) is 15.6. The minimum atomic E-state index is -0.348. The van der Waals surface area contributed by atoms with Crippen LogP contribution in [0.15, 0.2) is 11.0 Å². The second-order valence-corrected chi connectivity index (χ2v) is 4.94. The summed E-state index contributed by atoms with van der Waals surface area (Å²) in [6.07, 6.45) is 1.63. The summed E-state index contributed by atoms with van der Waals surface area (Å²) in [4.78, 5) is 21.1. The van der Waals surface area contributed by atoms with Crippen molar-refractivity contribution >= 4 is 17.4 Å². The van der Waals surface area contributed by atoms with Crippen LogP contribution in [0.4, 0.5) is 5.82 Å². The Morgan fingerprint density at radius 1 is 1.40 bits per heavy atom. The highest BCUT2D eigenvalue weighted by atomic mass is 35.5. The molecule has 3 rings (SSSR count). The summed E-state index contributed by atoms with van der Waals surface area (Å²) < 4.78 is 5.30. The number of rotatable bonds is 2. The van der Waals surface area contributed by atoms with E-state index in [1.807, 2.05) is 11.8 Å². The number of nitrogens with one attached hydrogen (secondary N) is 2. The van der Waals surface area contributed by atoms with Gasteiger partial charge in [0.1, 0.15) is 10.8 Å². The van der Waals surface area contributed by atoms with Crippen molar-refractivity contribution in [2.75, 3.05) is 31.2 Å². The van der Waals surface area contributed by atoms with Gasteiger partial charge < -0.3 is 14.6 Å². The summed E-state index contributed by atoms with van der Waals surface area (Å²) in [6.45, 7) is 4.40. The van der Waals surface area contributed by atoms with E-state index in [9.17, 15) is 4.79 Å². The number of aryl methyl sites for hydroxylation is 1. The molecule has 1 aliphatic rings. The van der Waals surface area contributed by atoms with Crippen LogP contribution in [-0.4, -0.2) is 46.5 Å². The minimum absolute atomic E-state index is 0.108. The maximum Gasteiger partial charge on any atom is 0.272 e. The van der Waals surface area contributed by atoms with Crippen LogP contribution < -0.4 is 10.5 Å². The van der Waals surface area contributed by atoms with E-state index in [2.05, 4.69) is 20.2 Å². The molecular weight excluding hydrogens is 282 g/mol. The van der Waals surface area contributed by atoms with Gasteiger partial charge in [-0.15, -0.1) is 0 Å². The molecule has 0 aliphatic carbocycles. The summed E-state index contributed by atoms with van der Waals surface area (Å²) in [6, 6.07) is 0. The zero-order valence-electron chi connectivity index (χ0n) is 10.9. The van der Waals surface area contributed by atoms with Gasteiger partial charge in [-0.05, 0) is 6.92 Å². The molecule has 0 spiro atoms. The van der Waals surface area contributed by atoms with Crippen LogP contribution in [-0.2, 0) is 4.74 Å². The number of aromatic nitrogens is 4. The van der Waals surface area contributed by atoms with E-state index in [1.54, 1.807) is 6.20 Å². The van der Waals surface area contributed by atoms with Crippen molar-refractivity contribution in [1.29, 1.82) is 0 Å². The largest absolute Gasteiger partial charge is 0.378 e. The highest BCUT2D eigenvalue weighted by molar-refractivity contribution is 6.32. The lowest BCUT2D eigenvalue weighted by Gasteiger charge is -2.28. The monoisotopic (exact) mass is 295 g/mol. The van der Waals surface area contributed by atoms with Crippen LogP contribution in [0, 0.1) is 6.92 Å². The second-order valence-electron chi connectivity index (χ2n) is 4.56. The highest BCUT2D eigenvalue weighted by Crippen LogP contribution is 2.24. The number of ether oxygens (including phenoxy) is 1. The van der Waals surface area contributed by atoms with Gasteiger partial charge in [0.05, 0.1) is 25.0 Å². The van der Waals surface area contributed by atoms with Gasteiger partial charge in [0, 0.05) is 18.8 Å². The average molecular weight is 296 g/mol. The van der Waals surface area contributed by atoms with Crippen molar-refractivity contribution in [1.82, 2.24) is 20.2 Å². The van der Waals surface area contributed by atoms with Gasteiger partial charge in [-0.25, -0.2) is 4.98 Å². The van der Waals surface area contributed by atoms with E-state index >= 15 is 0 Å². The number of nitrogens with zero attached hydrogens (tertiary/aromatic N) is 3. The topological polar surface area (TPSA) is 86.9 Å². The molecule has 1 aliphatic heterocycles. The third kappa shape index (κ3) is 2.30. The first kappa shape index (κ1) is 13.1. The maximum absolute atomic E-state index is 12.0. The molecule has 1 saturated heterocycles. The summed E-state index contributed by atoms with van der Waals surface area (Å²) >= 11 is 6.09. The Hall–Kier alpha value is -1.86. The Bertz CT molecular complexity index is 675. The van der Waals surface area contributed by atoms with Crippen molar-refractivity contribution in [3.05, 3.63) is 27.3 Å². The first-order valence-corrected chi connectivity index (χ1v) is 6.67. The van der Waals surface area contributed by atoms with Gasteiger partial charge in [0.2, 0.25) is 0 Å². The molecule has 0 unspecified atom stereocenters. The van der Waals surface area contributed by atoms with E-state index in [0.29, 0.717) is 37.9 Å². The van der Waals surface area contributed by atoms with Crippen LogP contribution in [0.5, 0.6) is 0 Å². The van der Waals surface area contributed by atoms with Crippen LogP contribution >= 0.6 is 11.6 Å². The fraction of sp³-hybridized carbons (Fsp3) is 0.417. The Morgan fingerprint density at radius 3 is 2.80 bits per heavy atom. The van der Waals surface area contributed by atoms with Gasteiger partial charge in [-0.1, -0.05) is 11.6 Å². The first-order chi connectivity index (χ1) is 9.66. The summed E-state index contributed by atoms with van der Waals surface area (Å²) in [7, 11) is 0. The number of aromatic amines is 2. The molecule has 106 valence electrons. The standard InChI is InChI=1S/C12H14ClN5O2/c1-7-8(6-14-17-7)10-15-11(9(13)12(19)16-10)18-2-4-20-5-3-18/h6H,2-5H2,1H3,(H,14,17)(H,15,16,19). The summed E-state index contributed by atoms with van der Waals surface area (Å²) in [5.74, 6) is 0.960. The molecule has 0 amide bonds. The number of hydrogen-bond donors (Lipinski definition) is 2. The lowest BCUT2D eigenvalue weighted by molar-refractivity contribution is 0.122. The van der Waals surface area contributed by atoms with Crippen LogP contribution in [0.1, 0.15) is 5.69 Å². The average Bonchev–Trinajstić information content (AvgIpc) is 2.89. The van der Waals surface area contributed by atoms with Gasteiger partial charge in [-0.2, -0.15) is 5.10 Å². The molecule has 8 heteroatoms. The van der Waals surface area contributed by atoms with Crippen molar-refractivity contribution in [3.63, 3.8) is 0 Å². The molecule has 0 saturated carbocycles. The minimum Gasteiger partial charge on any atom is -0.378 e. The van der Waals surface area contributed by atoms with E-state index in [1.165, 1.54) is 0 Å². The third-order valence-electron chi connectivity index (χ3n) is 3.24. The fourth-order valence-electron chi connectivity index (χ4n) is 2.15. The van der Waals surface area contributed by atoms with E-state index in [4.69, 9.17) is 16.3 Å². The van der Waals surface area contributed by atoms with Crippen molar-refractivity contribution < 1.29 is 4.74 Å². The number of H-pyrrole nitrogens is 2. The van der Waals surface area contributed by atoms with Crippen molar-refractivity contribution in [2.24, 2.45) is 0 Å². The van der Waals surface area contributed by atoms with E-state index in [0.717, 1.165) is 11.3 Å². The predicted octanol–water partition coefficient (Wildman–Crippen LogP) is 0.958. The lowest BCUT2D eigenvalue weighted by Crippen LogP contribution is -2.38. The van der Waals surface area contributed by atoms with Crippen molar-refractivity contribution in [2.45, 2.75) is 6.92 Å². The summed E-state index contributed by atoms with van der Waals surface area (Å²) in [5, 5.41) is 6.87. The molecule has 7 nitrogen and oxygen atoms in total. The molecule has 0 aromatic carbocycles. The molecule has 2 aromatic rings. The zero-order chi connectivity index (χ0) is 14.1. The molecular formula is C12H14ClN5O2. The number of halogens is 1. The number of morpholine rings is 1. The Kier molecular flexibility index (Phi) is 3.45. The fourth-order valence-corrected chi connectivity index (χ4v) is 2.36. The Labute approximate surface area is 119 Å². The maximum atomic E-state index is 12.0. The van der Waals surface area contributed by atoms with Gasteiger partial charge in [0.15, 0.2) is 5.82 Å². The number of hydrogen-bond acceptors (Lipinski definition) is 5. The molecule has 3 heterocycles. The molecule has 20 heavy (non-hydrogen) atoms. The third-order valence-corrected chi connectivity index (χ3v) is 3.58. The van der Waals surface area contributed by atoms with Gasteiger partial charge in [0.25, 0.3) is 5.56 Å². The predicted molar refractivity (Wildman–Crippen MR) is 75.2 cm³/mol. The molecule has 1 fully saturated rings. The van der Waals surface area contributed by atoms with E-state index in [-0.39, 0.29) is 10.6 Å². The quantitative estimate of drug-likeness (QED) is 0.862. The van der Waals surface area contributed by atoms with Gasteiger partial charge >= 0.3 is 0 Å². The Balaban J connectivity index is 2.08. The SMILES string of the molecule is Cc1[nH]ncc1-c1nc(N2CCOCC2)c(Cl)c(=O)[nH]1. The lowest BCUT2D eigenvalue weighted by atomic mass is 10.2. The molecule has 0 radical (unpaired) electrons. The van der Waals surface area contributed by atoms with Crippen LogP contribution in [0.3, 0.4) is 0 Å². The zero-order valence-corrected chi connectivity index (χ0v) is 11.7. The van der Waals surface area contributed by atoms with Crippen molar-refractivity contribution in [3.8, 4) is 11.4 Å².